The minimum atomic E-state index is -0.465. The van der Waals surface area contributed by atoms with Crippen LogP contribution in [0.15, 0.2) is 42.5 Å². The number of ether oxygens (including phenoxy) is 2. The lowest BCUT2D eigenvalue weighted by molar-refractivity contribution is 0.184. The molecule has 3 aromatic rings. The summed E-state index contributed by atoms with van der Waals surface area (Å²) in [6.07, 6.45) is 11.3. The monoisotopic (exact) mass is 567 g/mol. The fraction of sp³-hybridized carbons (Fsp3) is 0.419. The van der Waals surface area contributed by atoms with Crippen molar-refractivity contribution >= 4 is 40.9 Å². The Morgan fingerprint density at radius 3 is 2.51 bits per heavy atom. The van der Waals surface area contributed by atoms with E-state index < -0.39 is 6.09 Å². The molecule has 1 heterocycles. The first-order valence-electron chi connectivity index (χ1n) is 13.8. The van der Waals surface area contributed by atoms with Crippen LogP contribution < -0.4 is 14.8 Å². The molecule has 0 bridgehead atoms. The Morgan fingerprint density at radius 1 is 1.05 bits per heavy atom. The standard InChI is InChI=1S/C31H35Cl2N3O3/c1-20(22-8-4-3-5-9-22)34-31(37)39-30-26-11-7-6-10-23(18-21-12-15-25(38-2)16-13-21)29(26)36(35-30)28-17-14-24(32)19-27(28)33/h12-20,22H,3-11H2,1-2H3,(H,34,37)/b23-18+/t20-/m1/s1. The van der Waals surface area contributed by atoms with Gasteiger partial charge in [-0.2, -0.15) is 0 Å². The van der Waals surface area contributed by atoms with E-state index in [1.165, 1.54) is 19.3 Å². The van der Waals surface area contributed by atoms with E-state index in [1.807, 2.05) is 35.0 Å². The van der Waals surface area contributed by atoms with Crippen LogP contribution in [0.1, 0.15) is 75.1 Å². The van der Waals surface area contributed by atoms with Crippen molar-refractivity contribution in [2.45, 2.75) is 70.8 Å². The highest BCUT2D eigenvalue weighted by atomic mass is 35.5. The van der Waals surface area contributed by atoms with E-state index >= 15 is 0 Å². The van der Waals surface area contributed by atoms with Crippen molar-refractivity contribution in [2.75, 3.05) is 7.11 Å². The van der Waals surface area contributed by atoms with E-state index in [-0.39, 0.29) is 6.04 Å². The topological polar surface area (TPSA) is 65.4 Å². The molecule has 0 spiro atoms. The van der Waals surface area contributed by atoms with Gasteiger partial charge in [0.2, 0.25) is 5.88 Å². The summed E-state index contributed by atoms with van der Waals surface area (Å²) < 4.78 is 13.1. The molecule has 5 rings (SSSR count). The number of rotatable bonds is 6. The van der Waals surface area contributed by atoms with Crippen molar-refractivity contribution in [3.63, 3.8) is 0 Å². The van der Waals surface area contributed by atoms with Gasteiger partial charge in [0.15, 0.2) is 0 Å². The van der Waals surface area contributed by atoms with Gasteiger partial charge in [-0.3, -0.25) is 0 Å². The predicted octanol–water partition coefficient (Wildman–Crippen LogP) is 8.51. The molecule has 206 valence electrons. The first-order chi connectivity index (χ1) is 18.9. The number of benzene rings is 2. The third-order valence-corrected chi connectivity index (χ3v) is 8.40. The quantitative estimate of drug-likeness (QED) is 0.303. The molecule has 6 nitrogen and oxygen atoms in total. The van der Waals surface area contributed by atoms with E-state index in [9.17, 15) is 4.79 Å². The highest BCUT2D eigenvalue weighted by molar-refractivity contribution is 6.35. The van der Waals surface area contributed by atoms with Crippen LogP contribution in [0.25, 0.3) is 17.3 Å². The molecule has 8 heteroatoms. The summed E-state index contributed by atoms with van der Waals surface area (Å²) in [6.45, 7) is 2.07. The molecule has 0 radical (unpaired) electrons. The number of fused-ring (bicyclic) bond motifs is 1. The normalized spacial score (nSPS) is 17.8. The molecule has 0 saturated heterocycles. The maximum atomic E-state index is 13.1. The van der Waals surface area contributed by atoms with Crippen LogP contribution in [-0.2, 0) is 6.42 Å². The van der Waals surface area contributed by atoms with Crippen LogP contribution in [0.4, 0.5) is 4.79 Å². The Kier molecular flexibility index (Phi) is 8.83. The molecule has 2 aromatic carbocycles. The van der Waals surface area contributed by atoms with E-state index in [0.29, 0.717) is 27.5 Å². The second-order valence-corrected chi connectivity index (χ2v) is 11.4. The summed E-state index contributed by atoms with van der Waals surface area (Å²) in [5, 5.41) is 8.91. The van der Waals surface area contributed by atoms with Crippen molar-refractivity contribution in [3.05, 3.63) is 69.3 Å². The third-order valence-electron chi connectivity index (χ3n) is 7.86. The van der Waals surface area contributed by atoms with Crippen molar-refractivity contribution in [3.8, 4) is 17.3 Å². The van der Waals surface area contributed by atoms with E-state index in [1.54, 1.807) is 19.2 Å². The van der Waals surface area contributed by atoms with E-state index in [2.05, 4.69) is 18.3 Å². The Morgan fingerprint density at radius 2 is 1.79 bits per heavy atom. The van der Waals surface area contributed by atoms with Gasteiger partial charge in [-0.15, -0.1) is 5.10 Å². The average Bonchev–Trinajstić information content (AvgIpc) is 3.14. The van der Waals surface area contributed by atoms with Gasteiger partial charge in [0.1, 0.15) is 5.75 Å². The molecule has 1 aromatic heterocycles. The maximum Gasteiger partial charge on any atom is 0.414 e. The number of amides is 1. The van der Waals surface area contributed by atoms with Crippen molar-refractivity contribution in [2.24, 2.45) is 5.92 Å². The first-order valence-corrected chi connectivity index (χ1v) is 14.6. The molecule has 0 aliphatic heterocycles. The van der Waals surface area contributed by atoms with Crippen LogP contribution >= 0.6 is 23.2 Å². The van der Waals surface area contributed by atoms with Crippen LogP contribution in [0.3, 0.4) is 0 Å². The number of carbonyl (C=O) groups is 1. The van der Waals surface area contributed by atoms with Crippen molar-refractivity contribution in [1.29, 1.82) is 0 Å². The van der Waals surface area contributed by atoms with Crippen LogP contribution in [-0.4, -0.2) is 29.0 Å². The van der Waals surface area contributed by atoms with Gasteiger partial charge < -0.3 is 14.8 Å². The molecule has 2 aliphatic carbocycles. The third kappa shape index (κ3) is 6.44. The fourth-order valence-corrected chi connectivity index (χ4v) is 6.22. The van der Waals surface area contributed by atoms with Gasteiger partial charge in [0.25, 0.3) is 0 Å². The van der Waals surface area contributed by atoms with Gasteiger partial charge in [-0.05, 0) is 98.9 Å². The summed E-state index contributed by atoms with van der Waals surface area (Å²) in [4.78, 5) is 13.1. The van der Waals surface area contributed by atoms with Gasteiger partial charge in [0.05, 0.1) is 23.5 Å². The molecule has 1 N–H and O–H groups in total. The Balaban J connectivity index is 1.52. The van der Waals surface area contributed by atoms with Crippen LogP contribution in [0.2, 0.25) is 10.0 Å². The van der Waals surface area contributed by atoms with Gasteiger partial charge in [-0.1, -0.05) is 54.6 Å². The lowest BCUT2D eigenvalue weighted by atomic mass is 9.85. The lowest BCUT2D eigenvalue weighted by Gasteiger charge is -2.27. The number of nitrogens with one attached hydrogen (secondary N) is 1. The molecule has 0 unspecified atom stereocenters. The molecule has 39 heavy (non-hydrogen) atoms. The Labute approximate surface area is 240 Å². The molecule has 1 amide bonds. The Bertz CT molecular complexity index is 1340. The highest BCUT2D eigenvalue weighted by Gasteiger charge is 2.28. The zero-order chi connectivity index (χ0) is 27.4. The van der Waals surface area contributed by atoms with E-state index in [4.69, 9.17) is 37.8 Å². The number of aromatic nitrogens is 2. The zero-order valence-corrected chi connectivity index (χ0v) is 24.0. The summed E-state index contributed by atoms with van der Waals surface area (Å²) >= 11 is 12.9. The summed E-state index contributed by atoms with van der Waals surface area (Å²) in [7, 11) is 1.66. The van der Waals surface area contributed by atoms with Gasteiger partial charge >= 0.3 is 6.09 Å². The largest absolute Gasteiger partial charge is 0.497 e. The van der Waals surface area contributed by atoms with Crippen molar-refractivity contribution in [1.82, 2.24) is 15.1 Å². The lowest BCUT2D eigenvalue weighted by Crippen LogP contribution is -2.40. The zero-order valence-electron chi connectivity index (χ0n) is 22.5. The molecular weight excluding hydrogens is 533 g/mol. The SMILES string of the molecule is COc1ccc(/C=C2\CCCCc3c(OC(=O)N[C@H](C)C4CCCCC4)nn(-c4ccc(Cl)cc4Cl)c32)cc1. The smallest absolute Gasteiger partial charge is 0.414 e. The van der Waals surface area contributed by atoms with Crippen LogP contribution in [0, 0.1) is 5.92 Å². The molecule has 1 saturated carbocycles. The van der Waals surface area contributed by atoms with Crippen LogP contribution in [0.5, 0.6) is 11.6 Å². The summed E-state index contributed by atoms with van der Waals surface area (Å²) in [6, 6.07) is 13.4. The number of nitrogens with zero attached hydrogens (tertiary/aromatic N) is 2. The van der Waals surface area contributed by atoms with Gasteiger partial charge in [0, 0.05) is 16.6 Å². The molecule has 1 atom stereocenters. The number of hydrogen-bond acceptors (Lipinski definition) is 4. The number of hydrogen-bond donors (Lipinski definition) is 1. The molecule has 1 fully saturated rings. The second-order valence-electron chi connectivity index (χ2n) is 10.5. The number of methoxy groups -OCH3 is 1. The average molecular weight is 569 g/mol. The first kappa shape index (κ1) is 27.6. The highest BCUT2D eigenvalue weighted by Crippen LogP contribution is 2.39. The maximum absolute atomic E-state index is 13.1. The van der Waals surface area contributed by atoms with E-state index in [0.717, 1.165) is 66.7 Å². The summed E-state index contributed by atoms with van der Waals surface area (Å²) in [5.41, 5.74) is 4.67. The second kappa shape index (κ2) is 12.5. The van der Waals surface area contributed by atoms with Crippen molar-refractivity contribution < 1.29 is 14.3 Å². The molecular formula is C31H35Cl2N3O3. The minimum Gasteiger partial charge on any atom is -0.497 e. The minimum absolute atomic E-state index is 0.0507. The molecule has 2 aliphatic rings. The number of allylic oxidation sites excluding steroid dienone is 1. The number of carbonyl (C=O) groups excluding carboxylic acids is 1. The van der Waals surface area contributed by atoms with Gasteiger partial charge in [-0.25, -0.2) is 9.48 Å². The fourth-order valence-electron chi connectivity index (χ4n) is 5.73. The number of halogens is 2. The Hall–Kier alpha value is -2.96. The summed E-state index contributed by atoms with van der Waals surface area (Å²) in [5.74, 6) is 1.61. The predicted molar refractivity (Wildman–Crippen MR) is 157 cm³/mol.